The van der Waals surface area contributed by atoms with Crippen molar-refractivity contribution in [2.45, 2.75) is 102 Å². The van der Waals surface area contributed by atoms with Gasteiger partial charge in [-0.05, 0) is 51.5 Å². The van der Waals surface area contributed by atoms with Crippen LogP contribution in [0.25, 0.3) is 0 Å². The number of nitrogens with two attached hydrogens (primary N) is 1. The van der Waals surface area contributed by atoms with Gasteiger partial charge in [-0.1, -0.05) is 62.4 Å². The number of carbonyl (C=O) groups is 1. The fraction of sp³-hybridized carbons (Fsp3) is 0.731. The Hall–Kier alpha value is -1.63. The maximum absolute atomic E-state index is 13.1. The summed E-state index contributed by atoms with van der Waals surface area (Å²) in [4.78, 5) is 14.7. The summed E-state index contributed by atoms with van der Waals surface area (Å²) in [5.41, 5.74) is 6.83. The molecule has 3 rings (SSSR count). The third kappa shape index (κ3) is 7.46. The number of carbonyl (C=O) groups excluding carboxylic acids is 1. The van der Waals surface area contributed by atoms with Crippen LogP contribution >= 0.6 is 0 Å². The molecule has 0 radical (unpaired) electrons. The summed E-state index contributed by atoms with van der Waals surface area (Å²) < 4.78 is 11.8. The first-order valence-electron chi connectivity index (χ1n) is 12.3. The zero-order chi connectivity index (χ0) is 23.1. The van der Waals surface area contributed by atoms with E-state index in [9.17, 15) is 9.90 Å². The molecule has 32 heavy (non-hydrogen) atoms. The van der Waals surface area contributed by atoms with Crippen molar-refractivity contribution in [3.05, 3.63) is 35.9 Å². The summed E-state index contributed by atoms with van der Waals surface area (Å²) in [6, 6.07) is 8.85. The molecule has 0 bridgehead atoms. The van der Waals surface area contributed by atoms with Gasteiger partial charge in [-0.3, -0.25) is 4.90 Å². The minimum atomic E-state index is -0.901. The van der Waals surface area contributed by atoms with Gasteiger partial charge in [-0.15, -0.1) is 0 Å². The average Bonchev–Trinajstić information content (AvgIpc) is 2.77. The van der Waals surface area contributed by atoms with Gasteiger partial charge in [0.1, 0.15) is 5.60 Å². The summed E-state index contributed by atoms with van der Waals surface area (Å²) >= 11 is 0. The van der Waals surface area contributed by atoms with Gasteiger partial charge >= 0.3 is 6.09 Å². The highest BCUT2D eigenvalue weighted by Gasteiger charge is 2.40. The number of amides is 1. The number of hydrogen-bond acceptors (Lipinski definition) is 5. The summed E-state index contributed by atoms with van der Waals surface area (Å²) in [6.07, 6.45) is 7.88. The van der Waals surface area contributed by atoms with Gasteiger partial charge in [0.2, 0.25) is 0 Å². The van der Waals surface area contributed by atoms with Crippen LogP contribution in [-0.2, 0) is 15.9 Å². The Morgan fingerprint density at radius 2 is 1.88 bits per heavy atom. The lowest BCUT2D eigenvalue weighted by molar-refractivity contribution is -0.105. The number of nitrogens with zero attached hydrogens (tertiary/aromatic N) is 1. The molecule has 2 fully saturated rings. The van der Waals surface area contributed by atoms with Crippen LogP contribution in [0.15, 0.2) is 30.3 Å². The predicted molar refractivity (Wildman–Crippen MR) is 126 cm³/mol. The second kappa shape index (κ2) is 11.5. The zero-order valence-corrected chi connectivity index (χ0v) is 20.0. The maximum atomic E-state index is 13.1. The van der Waals surface area contributed by atoms with E-state index in [-0.39, 0.29) is 12.7 Å². The average molecular weight is 447 g/mol. The smallest absolute Gasteiger partial charge is 0.410 e. The second-order valence-electron chi connectivity index (χ2n) is 10.6. The molecule has 1 saturated carbocycles. The Morgan fingerprint density at radius 3 is 2.53 bits per heavy atom. The van der Waals surface area contributed by atoms with Crippen LogP contribution in [0.1, 0.15) is 71.3 Å². The van der Waals surface area contributed by atoms with Crippen LogP contribution in [0.5, 0.6) is 0 Å². The molecular formula is C26H42N2O4. The molecule has 1 aromatic rings. The van der Waals surface area contributed by atoms with Crippen LogP contribution in [0.4, 0.5) is 4.79 Å². The van der Waals surface area contributed by atoms with Crippen LogP contribution < -0.4 is 5.73 Å². The summed E-state index contributed by atoms with van der Waals surface area (Å²) in [6.45, 7) is 6.29. The highest BCUT2D eigenvalue weighted by Crippen LogP contribution is 2.30. The van der Waals surface area contributed by atoms with Crippen LogP contribution in [0, 0.1) is 5.92 Å². The summed E-state index contributed by atoms with van der Waals surface area (Å²) in [5, 5.41) is 11.1. The Balaban J connectivity index is 1.64. The van der Waals surface area contributed by atoms with E-state index >= 15 is 0 Å². The van der Waals surface area contributed by atoms with Gasteiger partial charge in [0.25, 0.3) is 0 Å². The fourth-order valence-corrected chi connectivity index (χ4v) is 4.91. The van der Waals surface area contributed by atoms with E-state index in [1.54, 1.807) is 4.90 Å². The monoisotopic (exact) mass is 446 g/mol. The number of aliphatic hydroxyl groups excluding tert-OH is 1. The van der Waals surface area contributed by atoms with Crippen molar-refractivity contribution < 1.29 is 19.4 Å². The van der Waals surface area contributed by atoms with E-state index in [0.717, 1.165) is 24.3 Å². The van der Waals surface area contributed by atoms with Crippen molar-refractivity contribution in [3.63, 3.8) is 0 Å². The molecule has 1 amide bonds. The molecule has 1 aromatic carbocycles. The van der Waals surface area contributed by atoms with Gasteiger partial charge in [-0.25, -0.2) is 4.79 Å². The third-order valence-corrected chi connectivity index (χ3v) is 6.70. The fourth-order valence-electron chi connectivity index (χ4n) is 4.91. The van der Waals surface area contributed by atoms with Crippen LogP contribution in [0.2, 0.25) is 0 Å². The number of aliphatic hydroxyl groups is 1. The molecule has 1 heterocycles. The van der Waals surface area contributed by atoms with E-state index < -0.39 is 29.9 Å². The number of hydrogen-bond donors (Lipinski definition) is 2. The first-order chi connectivity index (χ1) is 15.2. The first kappa shape index (κ1) is 25.0. The minimum absolute atomic E-state index is 0.0294. The topological polar surface area (TPSA) is 85.0 Å². The van der Waals surface area contributed by atoms with E-state index in [1.807, 2.05) is 51.1 Å². The van der Waals surface area contributed by atoms with Crippen LogP contribution in [0.3, 0.4) is 0 Å². The summed E-state index contributed by atoms with van der Waals surface area (Å²) in [7, 11) is 0. The lowest BCUT2D eigenvalue weighted by Crippen LogP contribution is -2.61. The van der Waals surface area contributed by atoms with Crippen molar-refractivity contribution in [2.24, 2.45) is 11.7 Å². The number of benzene rings is 1. The molecule has 4 atom stereocenters. The molecule has 2 aliphatic rings. The molecule has 2 unspecified atom stereocenters. The Bertz CT molecular complexity index is 700. The maximum Gasteiger partial charge on any atom is 0.410 e. The van der Waals surface area contributed by atoms with Crippen molar-refractivity contribution in [2.75, 3.05) is 13.2 Å². The first-order valence-corrected chi connectivity index (χ1v) is 12.3. The van der Waals surface area contributed by atoms with Crippen LogP contribution in [-0.4, -0.2) is 59.1 Å². The van der Waals surface area contributed by atoms with Gasteiger partial charge in [0.05, 0.1) is 31.4 Å². The molecule has 6 nitrogen and oxygen atoms in total. The quantitative estimate of drug-likeness (QED) is 0.653. The van der Waals surface area contributed by atoms with Crippen molar-refractivity contribution >= 4 is 6.09 Å². The highest BCUT2D eigenvalue weighted by molar-refractivity contribution is 5.69. The van der Waals surface area contributed by atoms with E-state index in [2.05, 4.69) is 0 Å². The number of rotatable bonds is 7. The van der Waals surface area contributed by atoms with E-state index in [4.69, 9.17) is 15.2 Å². The van der Waals surface area contributed by atoms with Crippen molar-refractivity contribution in [1.82, 2.24) is 4.90 Å². The van der Waals surface area contributed by atoms with Crippen molar-refractivity contribution in [1.29, 1.82) is 0 Å². The van der Waals surface area contributed by atoms with Gasteiger partial charge < -0.3 is 20.3 Å². The zero-order valence-electron chi connectivity index (χ0n) is 20.0. The number of morpholine rings is 1. The second-order valence-corrected chi connectivity index (χ2v) is 10.6. The van der Waals surface area contributed by atoms with Crippen molar-refractivity contribution in [3.8, 4) is 0 Å². The summed E-state index contributed by atoms with van der Waals surface area (Å²) in [5.74, 6) is 0.768. The molecular weight excluding hydrogens is 404 g/mol. The predicted octanol–water partition coefficient (Wildman–Crippen LogP) is 4.28. The van der Waals surface area contributed by atoms with Gasteiger partial charge in [0.15, 0.2) is 0 Å². The molecule has 1 aliphatic carbocycles. The standard InChI is InChI=1S/C26H42N2O4/c1-26(2,3)32-25(30)28-17-21(15-14-19-10-6-4-7-11-19)31-18-23(28)24(29)22(27)16-20-12-8-5-9-13-20/h5,8-9,12-13,19,21-24,29H,4,6-7,10-11,14-18,27H2,1-3H3/t21?,22-,23?,24-/m0/s1. The largest absolute Gasteiger partial charge is 0.444 e. The molecule has 0 aromatic heterocycles. The Morgan fingerprint density at radius 1 is 1.19 bits per heavy atom. The van der Waals surface area contributed by atoms with Gasteiger partial charge in [0, 0.05) is 6.04 Å². The molecule has 0 spiro atoms. The highest BCUT2D eigenvalue weighted by atomic mass is 16.6. The number of ether oxygens (including phenoxy) is 2. The van der Waals surface area contributed by atoms with E-state index in [0.29, 0.717) is 13.0 Å². The Labute approximate surface area is 193 Å². The lowest BCUT2D eigenvalue weighted by atomic mass is 9.85. The molecule has 1 saturated heterocycles. The SMILES string of the molecule is CC(C)(C)OC(=O)N1CC(CCC2CCCCC2)OCC1[C@@H](O)[C@@H](N)Cc1ccccc1. The minimum Gasteiger partial charge on any atom is -0.444 e. The van der Waals surface area contributed by atoms with Gasteiger partial charge in [-0.2, -0.15) is 0 Å². The van der Waals surface area contributed by atoms with E-state index in [1.165, 1.54) is 32.1 Å². The normalized spacial score (nSPS) is 24.7. The molecule has 3 N–H and O–H groups in total. The molecule has 6 heteroatoms. The lowest BCUT2D eigenvalue weighted by Gasteiger charge is -2.43. The third-order valence-electron chi connectivity index (χ3n) is 6.70. The molecule has 1 aliphatic heterocycles. The Kier molecular flexibility index (Phi) is 8.97. The molecule has 180 valence electrons.